The molecule has 6 nitrogen and oxygen atoms in total. The topological polar surface area (TPSA) is 61.9 Å². The summed E-state index contributed by atoms with van der Waals surface area (Å²) < 4.78 is 5.33. The summed E-state index contributed by atoms with van der Waals surface area (Å²) in [5, 5.41) is 3.53. The van der Waals surface area contributed by atoms with Gasteiger partial charge < -0.3 is 19.9 Å². The Kier molecular flexibility index (Phi) is 6.11. The number of hydrogen-bond acceptors (Lipinski definition) is 4. The molecular formula is C28H35N3O3. The van der Waals surface area contributed by atoms with Gasteiger partial charge in [0.25, 0.3) is 11.8 Å². The number of hydrogen-bond donors (Lipinski definition) is 1. The Hall–Kier alpha value is -2.86. The fraction of sp³-hybridized carbons (Fsp3) is 0.500. The van der Waals surface area contributed by atoms with Crippen LogP contribution in [0.15, 0.2) is 48.5 Å². The van der Waals surface area contributed by atoms with E-state index in [1.165, 1.54) is 5.56 Å². The highest BCUT2D eigenvalue weighted by molar-refractivity contribution is 5.95. The minimum atomic E-state index is 0.0735. The van der Waals surface area contributed by atoms with Crippen molar-refractivity contribution in [1.82, 2.24) is 9.80 Å². The molecule has 34 heavy (non-hydrogen) atoms. The molecule has 0 radical (unpaired) electrons. The number of piperidine rings is 1. The molecule has 6 heteroatoms. The summed E-state index contributed by atoms with van der Waals surface area (Å²) in [7, 11) is 0. The minimum absolute atomic E-state index is 0.0735. The molecule has 2 aromatic rings. The molecule has 3 aliphatic rings. The van der Waals surface area contributed by atoms with Crippen LogP contribution in [-0.2, 0) is 10.2 Å². The summed E-state index contributed by atoms with van der Waals surface area (Å²) in [5.74, 6) is 2.02. The van der Waals surface area contributed by atoms with E-state index >= 15 is 0 Å². The number of rotatable bonds is 5. The molecule has 2 saturated heterocycles. The summed E-state index contributed by atoms with van der Waals surface area (Å²) >= 11 is 0. The van der Waals surface area contributed by atoms with Gasteiger partial charge in [-0.05, 0) is 65.1 Å². The number of carbonyl (C=O) groups excluding carboxylic acids is 2. The zero-order valence-electron chi connectivity index (χ0n) is 20.4. The predicted octanol–water partition coefficient (Wildman–Crippen LogP) is 3.89. The number of carbonyl (C=O) groups is 2. The van der Waals surface area contributed by atoms with Crippen molar-refractivity contribution in [3.8, 4) is 0 Å². The lowest BCUT2D eigenvalue weighted by Gasteiger charge is -2.26. The maximum absolute atomic E-state index is 12.9. The van der Waals surface area contributed by atoms with Crippen molar-refractivity contribution in [2.45, 2.75) is 26.2 Å². The number of amides is 2. The standard InChI is InChI=1S/C28H35N3O3/c1-28(2,3)21-8-4-19(5-9-21)27(33)31-17-24-23(25(24)18-31)16-29-22-10-6-20(7-11-22)26(32)30-12-14-34-15-13-30/h4-11,23-25,29H,12-18H2,1-3H3. The van der Waals surface area contributed by atoms with Crippen LogP contribution in [0, 0.1) is 17.8 Å². The van der Waals surface area contributed by atoms with Crippen LogP contribution >= 0.6 is 0 Å². The van der Waals surface area contributed by atoms with Crippen LogP contribution in [-0.4, -0.2) is 67.6 Å². The molecule has 0 bridgehead atoms. The Morgan fingerprint density at radius 2 is 1.38 bits per heavy atom. The third kappa shape index (κ3) is 4.69. The van der Waals surface area contributed by atoms with E-state index in [4.69, 9.17) is 4.74 Å². The number of nitrogens with zero attached hydrogens (tertiary/aromatic N) is 2. The number of benzene rings is 2. The number of likely N-dealkylation sites (tertiary alicyclic amines) is 1. The molecule has 1 saturated carbocycles. The van der Waals surface area contributed by atoms with Crippen molar-refractivity contribution < 1.29 is 14.3 Å². The molecule has 2 aromatic carbocycles. The van der Waals surface area contributed by atoms with E-state index in [1.54, 1.807) is 0 Å². The Labute approximate surface area is 202 Å². The van der Waals surface area contributed by atoms with Gasteiger partial charge in [-0.1, -0.05) is 32.9 Å². The zero-order valence-corrected chi connectivity index (χ0v) is 20.4. The largest absolute Gasteiger partial charge is 0.385 e. The highest BCUT2D eigenvalue weighted by atomic mass is 16.5. The van der Waals surface area contributed by atoms with Gasteiger partial charge >= 0.3 is 0 Å². The van der Waals surface area contributed by atoms with Gasteiger partial charge in [0, 0.05) is 49.5 Å². The van der Waals surface area contributed by atoms with Gasteiger partial charge in [0.15, 0.2) is 0 Å². The fourth-order valence-electron chi connectivity index (χ4n) is 5.33. The van der Waals surface area contributed by atoms with E-state index in [0.717, 1.165) is 36.4 Å². The van der Waals surface area contributed by atoms with E-state index < -0.39 is 0 Å². The van der Waals surface area contributed by atoms with Gasteiger partial charge in [-0.15, -0.1) is 0 Å². The molecule has 1 aliphatic carbocycles. The third-order valence-electron chi connectivity index (χ3n) is 7.63. The van der Waals surface area contributed by atoms with Crippen LogP contribution in [0.2, 0.25) is 0 Å². The van der Waals surface area contributed by atoms with E-state index in [-0.39, 0.29) is 17.2 Å². The molecule has 2 atom stereocenters. The van der Waals surface area contributed by atoms with E-state index in [9.17, 15) is 9.59 Å². The van der Waals surface area contributed by atoms with E-state index in [1.807, 2.05) is 46.2 Å². The molecule has 3 fully saturated rings. The monoisotopic (exact) mass is 461 g/mol. The number of morpholine rings is 1. The summed E-state index contributed by atoms with van der Waals surface area (Å²) in [6.07, 6.45) is 0. The summed E-state index contributed by atoms with van der Waals surface area (Å²) in [6, 6.07) is 15.9. The lowest BCUT2D eigenvalue weighted by molar-refractivity contribution is 0.0303. The quantitative estimate of drug-likeness (QED) is 0.734. The zero-order chi connectivity index (χ0) is 23.9. The second-order valence-corrected chi connectivity index (χ2v) is 10.9. The Bertz CT molecular complexity index is 1020. The van der Waals surface area contributed by atoms with Gasteiger partial charge in [-0.25, -0.2) is 0 Å². The molecule has 2 aliphatic heterocycles. The molecule has 180 valence electrons. The Balaban J connectivity index is 1.08. The van der Waals surface area contributed by atoms with Crippen molar-refractivity contribution in [3.63, 3.8) is 0 Å². The van der Waals surface area contributed by atoms with Gasteiger partial charge in [0.1, 0.15) is 0 Å². The van der Waals surface area contributed by atoms with Gasteiger partial charge in [-0.3, -0.25) is 9.59 Å². The van der Waals surface area contributed by atoms with Crippen LogP contribution in [0.1, 0.15) is 47.1 Å². The van der Waals surface area contributed by atoms with Crippen LogP contribution in [0.3, 0.4) is 0 Å². The van der Waals surface area contributed by atoms with E-state index in [2.05, 4.69) is 38.2 Å². The first-order valence-electron chi connectivity index (χ1n) is 12.4. The smallest absolute Gasteiger partial charge is 0.254 e. The molecule has 0 aromatic heterocycles. The molecule has 0 spiro atoms. The lowest BCUT2D eigenvalue weighted by Crippen LogP contribution is -2.40. The molecule has 5 rings (SSSR count). The van der Waals surface area contributed by atoms with Crippen LogP contribution < -0.4 is 5.32 Å². The van der Waals surface area contributed by atoms with Crippen LogP contribution in [0.4, 0.5) is 5.69 Å². The molecule has 2 amide bonds. The van der Waals surface area contributed by atoms with Crippen LogP contribution in [0.25, 0.3) is 0 Å². The second-order valence-electron chi connectivity index (χ2n) is 10.9. The van der Waals surface area contributed by atoms with E-state index in [0.29, 0.717) is 44.1 Å². The van der Waals surface area contributed by atoms with Crippen molar-refractivity contribution in [2.24, 2.45) is 17.8 Å². The van der Waals surface area contributed by atoms with Crippen molar-refractivity contribution in [2.75, 3.05) is 51.3 Å². The first-order chi connectivity index (χ1) is 16.3. The highest BCUT2D eigenvalue weighted by Gasteiger charge is 2.56. The van der Waals surface area contributed by atoms with Crippen molar-refractivity contribution in [3.05, 3.63) is 65.2 Å². The summed E-state index contributed by atoms with van der Waals surface area (Å²) in [5.41, 5.74) is 3.89. The number of ether oxygens (including phenoxy) is 1. The summed E-state index contributed by atoms with van der Waals surface area (Å²) in [6.45, 7) is 11.7. The predicted molar refractivity (Wildman–Crippen MR) is 133 cm³/mol. The van der Waals surface area contributed by atoms with Gasteiger partial charge in [0.2, 0.25) is 0 Å². The number of fused-ring (bicyclic) bond motifs is 1. The minimum Gasteiger partial charge on any atom is -0.385 e. The Morgan fingerprint density at radius 1 is 0.853 bits per heavy atom. The first kappa shape index (κ1) is 22.9. The normalized spacial score (nSPS) is 24.0. The highest BCUT2D eigenvalue weighted by Crippen LogP contribution is 2.51. The third-order valence-corrected chi connectivity index (χ3v) is 7.63. The summed E-state index contributed by atoms with van der Waals surface area (Å²) in [4.78, 5) is 29.4. The number of anilines is 1. The fourth-order valence-corrected chi connectivity index (χ4v) is 5.33. The molecule has 2 heterocycles. The van der Waals surface area contributed by atoms with Crippen molar-refractivity contribution >= 4 is 17.5 Å². The molecule has 2 unspecified atom stereocenters. The maximum atomic E-state index is 12.9. The lowest BCUT2D eigenvalue weighted by atomic mass is 9.86. The first-order valence-corrected chi connectivity index (χ1v) is 12.4. The second kappa shape index (κ2) is 9.06. The average molecular weight is 462 g/mol. The van der Waals surface area contributed by atoms with Crippen LogP contribution in [0.5, 0.6) is 0 Å². The Morgan fingerprint density at radius 3 is 1.94 bits per heavy atom. The SMILES string of the molecule is CC(C)(C)c1ccc(C(=O)N2CC3C(CNc4ccc(C(=O)N5CCOCC5)cc4)C3C2)cc1. The molecular weight excluding hydrogens is 426 g/mol. The van der Waals surface area contributed by atoms with Crippen molar-refractivity contribution in [1.29, 1.82) is 0 Å². The van der Waals surface area contributed by atoms with Gasteiger partial charge in [0.05, 0.1) is 13.2 Å². The van der Waals surface area contributed by atoms with Gasteiger partial charge in [-0.2, -0.15) is 0 Å². The average Bonchev–Trinajstić information content (AvgIpc) is 3.30. The maximum Gasteiger partial charge on any atom is 0.254 e. The number of nitrogens with one attached hydrogen (secondary N) is 1. The molecule has 1 N–H and O–H groups in total.